The van der Waals surface area contributed by atoms with E-state index >= 15 is 0 Å². The van der Waals surface area contributed by atoms with Crippen molar-refractivity contribution in [3.8, 4) is 0 Å². The van der Waals surface area contributed by atoms with E-state index in [1.54, 1.807) is 48.2 Å². The van der Waals surface area contributed by atoms with Gasteiger partial charge in [-0.25, -0.2) is 12.8 Å². The number of piperidine rings is 1. The Hall–Kier alpha value is -1.90. The molecule has 1 saturated heterocycles. The van der Waals surface area contributed by atoms with Gasteiger partial charge in [-0.1, -0.05) is 17.7 Å². The van der Waals surface area contributed by atoms with E-state index in [9.17, 15) is 17.6 Å². The molecular formula is C22H27FN2O3S2. The van der Waals surface area contributed by atoms with Gasteiger partial charge in [-0.15, -0.1) is 11.8 Å². The fraction of sp³-hybridized carbons (Fsp3) is 0.409. The second-order valence-electron chi connectivity index (χ2n) is 7.44. The first-order chi connectivity index (χ1) is 14.4. The summed E-state index contributed by atoms with van der Waals surface area (Å²) in [5.41, 5.74) is 1.01. The first kappa shape index (κ1) is 22.8. The van der Waals surface area contributed by atoms with E-state index in [0.717, 1.165) is 22.6 Å². The fourth-order valence-electron chi connectivity index (χ4n) is 3.37. The lowest BCUT2D eigenvalue weighted by atomic mass is 9.97. The van der Waals surface area contributed by atoms with Gasteiger partial charge in [0.15, 0.2) is 0 Å². The molecule has 0 bridgehead atoms. The Morgan fingerprint density at radius 1 is 1.10 bits per heavy atom. The van der Waals surface area contributed by atoms with E-state index in [1.807, 2.05) is 6.92 Å². The van der Waals surface area contributed by atoms with Gasteiger partial charge in [0, 0.05) is 30.4 Å². The van der Waals surface area contributed by atoms with Crippen LogP contribution < -0.4 is 5.32 Å². The molecule has 1 N–H and O–H groups in total. The maximum atomic E-state index is 12.9. The number of halogens is 1. The number of rotatable bonds is 8. The molecule has 0 saturated carbocycles. The minimum atomic E-state index is -3.51. The molecular weight excluding hydrogens is 423 g/mol. The smallest absolute Gasteiger partial charge is 0.243 e. The van der Waals surface area contributed by atoms with E-state index in [0.29, 0.717) is 37.4 Å². The van der Waals surface area contributed by atoms with Gasteiger partial charge in [-0.05, 0) is 68.3 Å². The normalized spacial score (nSPS) is 15.8. The molecule has 0 spiro atoms. The lowest BCUT2D eigenvalue weighted by molar-refractivity contribution is -0.126. The highest BCUT2D eigenvalue weighted by Gasteiger charge is 2.31. The molecule has 3 rings (SSSR count). The SMILES string of the molecule is Cc1ccc(S(=O)(=O)N2CCC(C(=O)NCCCSc3ccc(F)cc3)CC2)cc1. The molecule has 30 heavy (non-hydrogen) atoms. The summed E-state index contributed by atoms with van der Waals surface area (Å²) < 4.78 is 39.9. The zero-order valence-corrected chi connectivity index (χ0v) is 18.6. The second kappa shape index (κ2) is 10.4. The maximum Gasteiger partial charge on any atom is 0.243 e. The van der Waals surface area contributed by atoms with Crippen LogP contribution in [0.25, 0.3) is 0 Å². The largest absolute Gasteiger partial charge is 0.356 e. The molecule has 1 aliphatic rings. The molecule has 1 heterocycles. The van der Waals surface area contributed by atoms with Gasteiger partial charge in [0.05, 0.1) is 4.90 Å². The Kier molecular flexibility index (Phi) is 7.91. The molecule has 0 radical (unpaired) electrons. The molecule has 2 aromatic carbocycles. The topological polar surface area (TPSA) is 66.5 Å². The number of sulfonamides is 1. The predicted molar refractivity (Wildman–Crippen MR) is 117 cm³/mol. The molecule has 162 valence electrons. The number of amides is 1. The summed E-state index contributed by atoms with van der Waals surface area (Å²) in [4.78, 5) is 13.7. The van der Waals surface area contributed by atoms with Crippen molar-refractivity contribution < 1.29 is 17.6 Å². The van der Waals surface area contributed by atoms with Gasteiger partial charge in [-0.2, -0.15) is 4.31 Å². The van der Waals surface area contributed by atoms with Crippen LogP contribution in [0.1, 0.15) is 24.8 Å². The van der Waals surface area contributed by atoms with Crippen LogP contribution in [0.4, 0.5) is 4.39 Å². The predicted octanol–water partition coefficient (Wildman–Crippen LogP) is 3.83. The summed E-state index contributed by atoms with van der Waals surface area (Å²) in [5.74, 6) is 0.428. The number of hydrogen-bond acceptors (Lipinski definition) is 4. The summed E-state index contributed by atoms with van der Waals surface area (Å²) in [6, 6.07) is 13.2. The zero-order chi connectivity index (χ0) is 21.6. The Labute approximate surface area is 182 Å². The third kappa shape index (κ3) is 6.06. The highest BCUT2D eigenvalue weighted by Crippen LogP contribution is 2.24. The Morgan fingerprint density at radius 3 is 2.37 bits per heavy atom. The molecule has 5 nitrogen and oxygen atoms in total. The van der Waals surface area contributed by atoms with E-state index in [-0.39, 0.29) is 17.6 Å². The van der Waals surface area contributed by atoms with E-state index < -0.39 is 10.0 Å². The average Bonchev–Trinajstić information content (AvgIpc) is 2.75. The van der Waals surface area contributed by atoms with Crippen molar-refractivity contribution in [2.45, 2.75) is 36.0 Å². The number of thioether (sulfide) groups is 1. The van der Waals surface area contributed by atoms with Crippen molar-refractivity contribution in [3.63, 3.8) is 0 Å². The number of aryl methyl sites for hydroxylation is 1. The first-order valence-corrected chi connectivity index (χ1v) is 12.5. The fourth-order valence-corrected chi connectivity index (χ4v) is 5.69. The lowest BCUT2D eigenvalue weighted by Gasteiger charge is -2.30. The van der Waals surface area contributed by atoms with Crippen molar-refractivity contribution in [2.24, 2.45) is 5.92 Å². The zero-order valence-electron chi connectivity index (χ0n) is 17.0. The van der Waals surface area contributed by atoms with Crippen molar-refractivity contribution in [3.05, 3.63) is 59.9 Å². The van der Waals surface area contributed by atoms with Crippen LogP contribution in [0.15, 0.2) is 58.3 Å². The van der Waals surface area contributed by atoms with Crippen LogP contribution in [0.3, 0.4) is 0 Å². The number of nitrogens with zero attached hydrogens (tertiary/aromatic N) is 1. The monoisotopic (exact) mass is 450 g/mol. The highest BCUT2D eigenvalue weighted by atomic mass is 32.2. The minimum absolute atomic E-state index is 0.00540. The van der Waals surface area contributed by atoms with Crippen LogP contribution in [-0.4, -0.2) is 44.0 Å². The van der Waals surface area contributed by atoms with Crippen LogP contribution >= 0.6 is 11.8 Å². The van der Waals surface area contributed by atoms with Crippen LogP contribution in [-0.2, 0) is 14.8 Å². The Morgan fingerprint density at radius 2 is 1.73 bits per heavy atom. The third-order valence-corrected chi connectivity index (χ3v) is 8.20. The van der Waals surface area contributed by atoms with Gasteiger partial charge >= 0.3 is 0 Å². The summed E-state index contributed by atoms with van der Waals surface area (Å²) in [6.45, 7) is 3.21. The standard InChI is InChI=1S/C22H27FN2O3S2/c1-17-3-9-21(10-4-17)30(27,28)25-14-11-18(12-15-25)22(26)24-13-2-16-29-20-7-5-19(23)6-8-20/h3-10,18H,2,11-16H2,1H3,(H,24,26). The first-order valence-electron chi connectivity index (χ1n) is 10.1. The van der Waals surface area contributed by atoms with Crippen LogP contribution in [0, 0.1) is 18.7 Å². The molecule has 1 fully saturated rings. The number of carbonyl (C=O) groups is 1. The van der Waals surface area contributed by atoms with Gasteiger partial charge in [0.25, 0.3) is 0 Å². The molecule has 8 heteroatoms. The van der Waals surface area contributed by atoms with Crippen molar-refractivity contribution in [1.29, 1.82) is 0 Å². The molecule has 0 unspecified atom stereocenters. The van der Waals surface area contributed by atoms with Crippen molar-refractivity contribution in [1.82, 2.24) is 9.62 Å². The number of hydrogen-bond donors (Lipinski definition) is 1. The lowest BCUT2D eigenvalue weighted by Crippen LogP contribution is -2.43. The molecule has 0 aromatic heterocycles. The molecule has 1 amide bonds. The number of nitrogens with one attached hydrogen (secondary N) is 1. The maximum absolute atomic E-state index is 12.9. The highest BCUT2D eigenvalue weighted by molar-refractivity contribution is 7.99. The van der Waals surface area contributed by atoms with E-state index in [1.165, 1.54) is 16.4 Å². The third-order valence-electron chi connectivity index (χ3n) is 5.19. The second-order valence-corrected chi connectivity index (χ2v) is 10.5. The molecule has 1 aliphatic heterocycles. The van der Waals surface area contributed by atoms with Crippen molar-refractivity contribution in [2.75, 3.05) is 25.4 Å². The molecule has 0 atom stereocenters. The van der Waals surface area contributed by atoms with E-state index in [4.69, 9.17) is 0 Å². The van der Waals surface area contributed by atoms with Crippen LogP contribution in [0.5, 0.6) is 0 Å². The van der Waals surface area contributed by atoms with Gasteiger partial charge in [-0.3, -0.25) is 4.79 Å². The number of benzene rings is 2. The number of carbonyl (C=O) groups excluding carboxylic acids is 1. The quantitative estimate of drug-likeness (QED) is 0.490. The average molecular weight is 451 g/mol. The molecule has 0 aliphatic carbocycles. The van der Waals surface area contributed by atoms with Gasteiger partial charge in [0.2, 0.25) is 15.9 Å². The Bertz CT molecular complexity index is 939. The van der Waals surface area contributed by atoms with Crippen LogP contribution in [0.2, 0.25) is 0 Å². The van der Waals surface area contributed by atoms with Crippen molar-refractivity contribution >= 4 is 27.7 Å². The summed E-state index contributed by atoms with van der Waals surface area (Å²) in [6.07, 6.45) is 1.87. The van der Waals surface area contributed by atoms with Gasteiger partial charge in [0.1, 0.15) is 5.82 Å². The minimum Gasteiger partial charge on any atom is -0.356 e. The molecule has 2 aromatic rings. The van der Waals surface area contributed by atoms with E-state index in [2.05, 4.69) is 5.32 Å². The summed E-state index contributed by atoms with van der Waals surface area (Å²) >= 11 is 1.63. The summed E-state index contributed by atoms with van der Waals surface area (Å²) in [5, 5.41) is 2.96. The van der Waals surface area contributed by atoms with Gasteiger partial charge < -0.3 is 5.32 Å². The Balaban J connectivity index is 1.38. The summed E-state index contributed by atoms with van der Waals surface area (Å²) in [7, 11) is -3.51.